The molecule has 102 valence electrons. The molecular formula is C15H25NOS. The normalized spacial score (nSPS) is 24.9. The first kappa shape index (κ1) is 14.0. The SMILES string of the molecule is CCOC1CC(CC(NC)c2sc(C)cc2C)C1. The second-order valence-electron chi connectivity index (χ2n) is 5.40. The Labute approximate surface area is 115 Å². The number of aryl methyl sites for hydroxylation is 2. The molecule has 1 fully saturated rings. The maximum absolute atomic E-state index is 5.64. The predicted molar refractivity (Wildman–Crippen MR) is 78.3 cm³/mol. The lowest BCUT2D eigenvalue weighted by Crippen LogP contribution is -2.34. The van der Waals surface area contributed by atoms with E-state index in [4.69, 9.17) is 4.74 Å². The zero-order valence-corrected chi connectivity index (χ0v) is 12.8. The standard InChI is InChI=1S/C15H25NOS/c1-5-17-13-7-12(8-13)9-14(16-4)15-10(2)6-11(3)18-15/h6,12-14,16H,5,7-9H2,1-4H3. The number of ether oxygens (including phenoxy) is 1. The van der Waals surface area contributed by atoms with Crippen molar-refractivity contribution < 1.29 is 4.74 Å². The summed E-state index contributed by atoms with van der Waals surface area (Å²) < 4.78 is 5.64. The molecule has 0 aliphatic heterocycles. The summed E-state index contributed by atoms with van der Waals surface area (Å²) in [5.41, 5.74) is 1.44. The first-order chi connectivity index (χ1) is 8.63. The van der Waals surface area contributed by atoms with E-state index in [9.17, 15) is 0 Å². The minimum absolute atomic E-state index is 0.524. The molecule has 0 bridgehead atoms. The van der Waals surface area contributed by atoms with Gasteiger partial charge in [-0.25, -0.2) is 0 Å². The summed E-state index contributed by atoms with van der Waals surface area (Å²) in [7, 11) is 2.08. The summed E-state index contributed by atoms with van der Waals surface area (Å²) in [6, 6.07) is 2.82. The molecule has 0 spiro atoms. The van der Waals surface area contributed by atoms with Crippen LogP contribution in [0.5, 0.6) is 0 Å². The van der Waals surface area contributed by atoms with Crippen molar-refractivity contribution in [3.05, 3.63) is 21.4 Å². The minimum atomic E-state index is 0.524. The molecule has 2 rings (SSSR count). The van der Waals surface area contributed by atoms with Gasteiger partial charge in [-0.05, 0) is 64.6 Å². The van der Waals surface area contributed by atoms with Crippen LogP contribution in [0.3, 0.4) is 0 Å². The summed E-state index contributed by atoms with van der Waals surface area (Å²) in [6.45, 7) is 7.37. The van der Waals surface area contributed by atoms with Crippen molar-refractivity contribution in [2.45, 2.75) is 52.2 Å². The largest absolute Gasteiger partial charge is 0.378 e. The van der Waals surface area contributed by atoms with Gasteiger partial charge in [-0.2, -0.15) is 0 Å². The van der Waals surface area contributed by atoms with Crippen molar-refractivity contribution in [3.63, 3.8) is 0 Å². The Hall–Kier alpha value is -0.380. The fourth-order valence-electron chi connectivity index (χ4n) is 2.93. The lowest BCUT2D eigenvalue weighted by atomic mass is 9.78. The summed E-state index contributed by atoms with van der Waals surface area (Å²) in [4.78, 5) is 2.94. The number of rotatable bonds is 6. The number of hydrogen-bond donors (Lipinski definition) is 1. The van der Waals surface area contributed by atoms with Crippen LogP contribution in [0.1, 0.15) is 47.5 Å². The van der Waals surface area contributed by atoms with E-state index in [1.165, 1.54) is 34.6 Å². The molecule has 1 N–H and O–H groups in total. The summed E-state index contributed by atoms with van der Waals surface area (Å²) in [5.74, 6) is 0.834. The Morgan fingerprint density at radius 1 is 1.44 bits per heavy atom. The molecule has 0 saturated heterocycles. The smallest absolute Gasteiger partial charge is 0.0580 e. The molecule has 1 aliphatic rings. The molecule has 0 aromatic carbocycles. The van der Waals surface area contributed by atoms with Gasteiger partial charge < -0.3 is 10.1 Å². The van der Waals surface area contributed by atoms with Gasteiger partial charge in [0.05, 0.1) is 6.10 Å². The summed E-state index contributed by atoms with van der Waals surface area (Å²) >= 11 is 1.94. The van der Waals surface area contributed by atoms with Crippen molar-refractivity contribution in [1.82, 2.24) is 5.32 Å². The van der Waals surface area contributed by atoms with E-state index in [1.54, 1.807) is 0 Å². The Kier molecular flexibility index (Phi) is 4.82. The zero-order chi connectivity index (χ0) is 13.1. The topological polar surface area (TPSA) is 21.3 Å². The molecule has 18 heavy (non-hydrogen) atoms. The van der Waals surface area contributed by atoms with Gasteiger partial charge >= 0.3 is 0 Å². The van der Waals surface area contributed by atoms with Crippen LogP contribution in [-0.2, 0) is 4.74 Å². The fraction of sp³-hybridized carbons (Fsp3) is 0.733. The molecule has 1 heterocycles. The first-order valence-corrected chi connectivity index (χ1v) is 7.81. The van der Waals surface area contributed by atoms with Crippen LogP contribution >= 0.6 is 11.3 Å². The lowest BCUT2D eigenvalue weighted by Gasteiger charge is -2.37. The summed E-state index contributed by atoms with van der Waals surface area (Å²) in [6.07, 6.45) is 4.27. The first-order valence-electron chi connectivity index (χ1n) is 6.99. The van der Waals surface area contributed by atoms with Gasteiger partial charge in [0, 0.05) is 22.4 Å². The number of thiophene rings is 1. The van der Waals surface area contributed by atoms with E-state index in [-0.39, 0.29) is 0 Å². The van der Waals surface area contributed by atoms with Gasteiger partial charge in [0.1, 0.15) is 0 Å². The molecule has 1 aromatic rings. The highest BCUT2D eigenvalue weighted by molar-refractivity contribution is 7.12. The van der Waals surface area contributed by atoms with Crippen LogP contribution in [0.2, 0.25) is 0 Å². The fourth-order valence-corrected chi connectivity index (χ4v) is 4.09. The van der Waals surface area contributed by atoms with Crippen molar-refractivity contribution in [2.24, 2.45) is 5.92 Å². The lowest BCUT2D eigenvalue weighted by molar-refractivity contribution is -0.0288. The molecule has 1 saturated carbocycles. The molecule has 0 amide bonds. The third kappa shape index (κ3) is 3.14. The number of hydrogen-bond acceptors (Lipinski definition) is 3. The van der Waals surface area contributed by atoms with Crippen LogP contribution in [0, 0.1) is 19.8 Å². The monoisotopic (exact) mass is 267 g/mol. The molecule has 0 radical (unpaired) electrons. The van der Waals surface area contributed by atoms with E-state index in [0.29, 0.717) is 12.1 Å². The van der Waals surface area contributed by atoms with Gasteiger partial charge in [-0.3, -0.25) is 0 Å². The Morgan fingerprint density at radius 3 is 2.67 bits per heavy atom. The Bertz CT molecular complexity index is 382. The van der Waals surface area contributed by atoms with Crippen molar-refractivity contribution >= 4 is 11.3 Å². The second kappa shape index (κ2) is 6.18. The molecule has 3 heteroatoms. The van der Waals surface area contributed by atoms with Crippen molar-refractivity contribution in [3.8, 4) is 0 Å². The van der Waals surface area contributed by atoms with Crippen LogP contribution in [0.25, 0.3) is 0 Å². The van der Waals surface area contributed by atoms with Crippen LogP contribution in [0.15, 0.2) is 6.07 Å². The van der Waals surface area contributed by atoms with E-state index in [0.717, 1.165) is 12.5 Å². The van der Waals surface area contributed by atoms with E-state index in [1.807, 2.05) is 11.3 Å². The van der Waals surface area contributed by atoms with Crippen LogP contribution < -0.4 is 5.32 Å². The molecule has 1 unspecified atom stereocenters. The zero-order valence-electron chi connectivity index (χ0n) is 12.0. The molecular weight excluding hydrogens is 242 g/mol. The van der Waals surface area contributed by atoms with Crippen molar-refractivity contribution in [1.29, 1.82) is 0 Å². The van der Waals surface area contributed by atoms with Gasteiger partial charge in [-0.1, -0.05) is 0 Å². The van der Waals surface area contributed by atoms with Gasteiger partial charge in [-0.15, -0.1) is 11.3 Å². The third-order valence-corrected chi connectivity index (χ3v) is 5.17. The van der Waals surface area contributed by atoms with E-state index in [2.05, 4.69) is 39.2 Å². The quantitative estimate of drug-likeness (QED) is 0.846. The van der Waals surface area contributed by atoms with Crippen LogP contribution in [0.4, 0.5) is 0 Å². The molecule has 1 aliphatic carbocycles. The molecule has 1 aromatic heterocycles. The van der Waals surface area contributed by atoms with Gasteiger partial charge in [0.2, 0.25) is 0 Å². The van der Waals surface area contributed by atoms with Gasteiger partial charge in [0.25, 0.3) is 0 Å². The Balaban J connectivity index is 1.89. The highest BCUT2D eigenvalue weighted by Crippen LogP contribution is 2.39. The second-order valence-corrected chi connectivity index (χ2v) is 6.68. The maximum Gasteiger partial charge on any atom is 0.0580 e. The third-order valence-electron chi connectivity index (χ3n) is 3.91. The summed E-state index contributed by atoms with van der Waals surface area (Å²) in [5, 5.41) is 3.49. The van der Waals surface area contributed by atoms with Crippen molar-refractivity contribution in [2.75, 3.05) is 13.7 Å². The highest BCUT2D eigenvalue weighted by atomic mass is 32.1. The predicted octanol–water partition coefficient (Wildman–Crippen LogP) is 3.83. The maximum atomic E-state index is 5.64. The highest BCUT2D eigenvalue weighted by Gasteiger charge is 2.32. The average molecular weight is 267 g/mol. The molecule has 1 atom stereocenters. The van der Waals surface area contributed by atoms with Crippen LogP contribution in [-0.4, -0.2) is 19.8 Å². The minimum Gasteiger partial charge on any atom is -0.378 e. The van der Waals surface area contributed by atoms with E-state index < -0.39 is 0 Å². The average Bonchev–Trinajstić information content (AvgIpc) is 2.61. The van der Waals surface area contributed by atoms with Gasteiger partial charge in [0.15, 0.2) is 0 Å². The molecule has 2 nitrogen and oxygen atoms in total. The Morgan fingerprint density at radius 2 is 2.17 bits per heavy atom. The van der Waals surface area contributed by atoms with E-state index >= 15 is 0 Å². The number of nitrogens with one attached hydrogen (secondary N) is 1.